The van der Waals surface area contributed by atoms with E-state index in [1.54, 1.807) is 9.80 Å². The molecule has 0 aromatic heterocycles. The van der Waals surface area contributed by atoms with Gasteiger partial charge in [-0.2, -0.15) is 0 Å². The zero-order chi connectivity index (χ0) is 22.9. The van der Waals surface area contributed by atoms with Crippen molar-refractivity contribution in [3.63, 3.8) is 0 Å². The van der Waals surface area contributed by atoms with Crippen molar-refractivity contribution in [1.29, 1.82) is 0 Å². The molecule has 1 spiro atoms. The quantitative estimate of drug-likeness (QED) is 0.506. The lowest BCUT2D eigenvalue weighted by molar-refractivity contribution is -0.238. The molecule has 0 saturated carbocycles. The Bertz CT molecular complexity index is 664. The van der Waals surface area contributed by atoms with Crippen LogP contribution in [0.25, 0.3) is 0 Å². The normalized spacial score (nSPS) is 26.5. The summed E-state index contributed by atoms with van der Waals surface area (Å²) in [7, 11) is 0. The molecule has 0 aliphatic carbocycles. The standard InChI is InChI=1S/C20H37N5O5/c1-13(2)10-24-9-8-23(18(29)30-19(3,4)5)11-20(24)12-25(17(20)28)14(16(22)27)6-7-15(21)26/h13-14,17,28H,6-12H2,1-5H3,(H2,21,26)(H2,22,27)/t14-,17?,20?/m0/s1. The van der Waals surface area contributed by atoms with Gasteiger partial charge in [-0.05, 0) is 33.1 Å². The monoisotopic (exact) mass is 427 g/mol. The first kappa shape index (κ1) is 24.4. The predicted molar refractivity (Wildman–Crippen MR) is 111 cm³/mol. The predicted octanol–water partition coefficient (Wildman–Crippen LogP) is -0.313. The Labute approximate surface area is 178 Å². The molecule has 2 aliphatic heterocycles. The molecule has 3 amide bonds. The number of hydrogen-bond acceptors (Lipinski definition) is 7. The molecular formula is C20H37N5O5. The second kappa shape index (κ2) is 9.07. The smallest absolute Gasteiger partial charge is 0.410 e. The van der Waals surface area contributed by atoms with Gasteiger partial charge in [0.05, 0.1) is 11.6 Å². The summed E-state index contributed by atoms with van der Waals surface area (Å²) in [5, 5.41) is 11.2. The van der Waals surface area contributed by atoms with Crippen LogP contribution in [0.1, 0.15) is 47.5 Å². The molecule has 0 aromatic carbocycles. The summed E-state index contributed by atoms with van der Waals surface area (Å²) in [5.74, 6) is -0.778. The largest absolute Gasteiger partial charge is 0.444 e. The number of hydrogen-bond donors (Lipinski definition) is 3. The SMILES string of the molecule is CC(C)CN1CCN(C(=O)OC(C)(C)C)CC12CN([C@@H](CCC(N)=O)C(N)=O)C2O. The molecule has 2 saturated heterocycles. The van der Waals surface area contributed by atoms with Crippen molar-refractivity contribution < 1.29 is 24.2 Å². The number of piperazine rings is 1. The highest BCUT2D eigenvalue weighted by Gasteiger charge is 2.60. The highest BCUT2D eigenvalue weighted by molar-refractivity contribution is 5.81. The lowest BCUT2D eigenvalue weighted by Gasteiger charge is -2.64. The van der Waals surface area contributed by atoms with Crippen LogP contribution < -0.4 is 11.5 Å². The number of likely N-dealkylation sites (tertiary alicyclic amines) is 1. The van der Waals surface area contributed by atoms with Gasteiger partial charge in [0.2, 0.25) is 11.8 Å². The van der Waals surface area contributed by atoms with Crippen LogP contribution in [0.4, 0.5) is 4.79 Å². The molecule has 2 heterocycles. The van der Waals surface area contributed by atoms with Gasteiger partial charge in [-0.15, -0.1) is 0 Å². The van der Waals surface area contributed by atoms with Crippen molar-refractivity contribution >= 4 is 17.9 Å². The Kier molecular flexibility index (Phi) is 7.36. The molecule has 2 fully saturated rings. The van der Waals surface area contributed by atoms with Gasteiger partial charge in [-0.3, -0.25) is 19.4 Å². The van der Waals surface area contributed by atoms with E-state index in [-0.39, 0.29) is 19.4 Å². The highest BCUT2D eigenvalue weighted by atomic mass is 16.6. The molecule has 5 N–H and O–H groups in total. The van der Waals surface area contributed by atoms with E-state index < -0.39 is 41.3 Å². The minimum absolute atomic E-state index is 0.00354. The van der Waals surface area contributed by atoms with E-state index in [1.807, 2.05) is 20.8 Å². The highest BCUT2D eigenvalue weighted by Crippen LogP contribution is 2.39. The fourth-order valence-corrected chi connectivity index (χ4v) is 4.28. The molecule has 30 heavy (non-hydrogen) atoms. The summed E-state index contributed by atoms with van der Waals surface area (Å²) < 4.78 is 5.52. The number of amides is 3. The minimum atomic E-state index is -1.01. The third-order valence-electron chi connectivity index (χ3n) is 5.62. The van der Waals surface area contributed by atoms with Gasteiger partial charge < -0.3 is 26.2 Å². The number of carbonyl (C=O) groups is 3. The van der Waals surface area contributed by atoms with E-state index in [9.17, 15) is 19.5 Å². The Hall–Kier alpha value is -1.91. The second-order valence-electron chi connectivity index (χ2n) is 9.81. The Balaban J connectivity index is 2.20. The van der Waals surface area contributed by atoms with Crippen LogP contribution in [0, 0.1) is 5.92 Å². The molecule has 2 aliphatic rings. The van der Waals surface area contributed by atoms with Crippen LogP contribution in [0.5, 0.6) is 0 Å². The number of rotatable bonds is 7. The minimum Gasteiger partial charge on any atom is -0.444 e. The molecule has 0 radical (unpaired) electrons. The lowest BCUT2D eigenvalue weighted by Crippen LogP contribution is -2.84. The van der Waals surface area contributed by atoms with Crippen molar-refractivity contribution in [3.05, 3.63) is 0 Å². The van der Waals surface area contributed by atoms with Gasteiger partial charge in [0, 0.05) is 39.1 Å². The van der Waals surface area contributed by atoms with E-state index in [0.717, 1.165) is 6.54 Å². The molecular weight excluding hydrogens is 390 g/mol. The summed E-state index contributed by atoms with van der Waals surface area (Å²) in [6.07, 6.45) is -1.27. The molecule has 172 valence electrons. The average Bonchev–Trinajstić information content (AvgIpc) is 2.59. The van der Waals surface area contributed by atoms with Crippen molar-refractivity contribution in [2.75, 3.05) is 32.7 Å². The molecule has 2 unspecified atom stereocenters. The number of aliphatic hydroxyl groups is 1. The molecule has 3 atom stereocenters. The zero-order valence-corrected chi connectivity index (χ0v) is 18.8. The summed E-state index contributed by atoms with van der Waals surface area (Å²) in [5.41, 5.74) is 9.41. The van der Waals surface area contributed by atoms with Crippen LogP contribution in [0.2, 0.25) is 0 Å². The van der Waals surface area contributed by atoms with Crippen LogP contribution in [-0.4, -0.2) is 93.8 Å². The number of nitrogens with zero attached hydrogens (tertiary/aromatic N) is 3. The van der Waals surface area contributed by atoms with Crippen molar-refractivity contribution in [2.45, 2.75) is 70.9 Å². The number of carbonyl (C=O) groups excluding carboxylic acids is 3. The Morgan fingerprint density at radius 2 is 1.80 bits per heavy atom. The van der Waals surface area contributed by atoms with Crippen LogP contribution in [0.15, 0.2) is 0 Å². The summed E-state index contributed by atoms with van der Waals surface area (Å²) >= 11 is 0. The fourth-order valence-electron chi connectivity index (χ4n) is 4.28. The average molecular weight is 428 g/mol. The summed E-state index contributed by atoms with van der Waals surface area (Å²) in [6, 6.07) is -0.795. The third kappa shape index (κ3) is 5.41. The zero-order valence-electron chi connectivity index (χ0n) is 18.8. The van der Waals surface area contributed by atoms with Crippen molar-refractivity contribution in [3.8, 4) is 0 Å². The van der Waals surface area contributed by atoms with Gasteiger partial charge in [-0.1, -0.05) is 13.8 Å². The first-order valence-corrected chi connectivity index (χ1v) is 10.5. The maximum Gasteiger partial charge on any atom is 0.410 e. The summed E-state index contributed by atoms with van der Waals surface area (Å²) in [6.45, 7) is 12.1. The van der Waals surface area contributed by atoms with Crippen molar-refractivity contribution in [2.24, 2.45) is 17.4 Å². The Morgan fingerprint density at radius 1 is 1.17 bits per heavy atom. The maximum atomic E-state index is 12.6. The lowest BCUT2D eigenvalue weighted by atomic mass is 9.80. The van der Waals surface area contributed by atoms with Crippen LogP contribution in [-0.2, 0) is 14.3 Å². The number of primary amides is 2. The fraction of sp³-hybridized carbons (Fsp3) is 0.850. The number of ether oxygens (including phenoxy) is 1. The van der Waals surface area contributed by atoms with Gasteiger partial charge in [0.1, 0.15) is 11.8 Å². The van der Waals surface area contributed by atoms with E-state index in [2.05, 4.69) is 18.7 Å². The van der Waals surface area contributed by atoms with Crippen LogP contribution in [0.3, 0.4) is 0 Å². The van der Waals surface area contributed by atoms with E-state index in [1.165, 1.54) is 0 Å². The first-order valence-electron chi connectivity index (χ1n) is 10.5. The van der Waals surface area contributed by atoms with E-state index in [4.69, 9.17) is 16.2 Å². The van der Waals surface area contributed by atoms with E-state index >= 15 is 0 Å². The molecule has 10 nitrogen and oxygen atoms in total. The molecule has 0 aromatic rings. The summed E-state index contributed by atoms with van der Waals surface area (Å²) in [4.78, 5) is 41.2. The molecule has 0 bridgehead atoms. The second-order valence-corrected chi connectivity index (χ2v) is 9.81. The number of nitrogens with two attached hydrogens (primary N) is 2. The Morgan fingerprint density at radius 3 is 2.27 bits per heavy atom. The molecule has 2 rings (SSSR count). The van der Waals surface area contributed by atoms with E-state index in [0.29, 0.717) is 25.6 Å². The van der Waals surface area contributed by atoms with Gasteiger partial charge in [0.15, 0.2) is 0 Å². The number of aliphatic hydroxyl groups excluding tert-OH is 1. The topological polar surface area (TPSA) is 142 Å². The van der Waals surface area contributed by atoms with Gasteiger partial charge in [-0.25, -0.2) is 4.79 Å². The first-order chi connectivity index (χ1) is 13.8. The third-order valence-corrected chi connectivity index (χ3v) is 5.62. The molecule has 10 heteroatoms. The van der Waals surface area contributed by atoms with Crippen molar-refractivity contribution in [1.82, 2.24) is 14.7 Å². The van der Waals surface area contributed by atoms with Gasteiger partial charge in [0.25, 0.3) is 0 Å². The van der Waals surface area contributed by atoms with Gasteiger partial charge >= 0.3 is 6.09 Å². The van der Waals surface area contributed by atoms with Crippen LogP contribution >= 0.6 is 0 Å². The maximum absolute atomic E-state index is 12.6.